The number of benzene rings is 2. The molecule has 3 rings (SSSR count). The molecule has 2 aromatic carbocycles. The van der Waals surface area contributed by atoms with Gasteiger partial charge in [-0.1, -0.05) is 49.6 Å². The molecule has 2 aromatic rings. The summed E-state index contributed by atoms with van der Waals surface area (Å²) < 4.78 is 19.2. The molecule has 0 bridgehead atoms. The molecule has 0 aromatic heterocycles. The molecule has 1 aliphatic carbocycles. The average molecular weight is 473 g/mol. The molecule has 1 saturated carbocycles. The molecule has 0 radical (unpaired) electrons. The van der Waals surface area contributed by atoms with Crippen molar-refractivity contribution in [2.24, 2.45) is 0 Å². The van der Waals surface area contributed by atoms with Gasteiger partial charge in [-0.05, 0) is 49.1 Å². The number of hydrogen-bond acceptors (Lipinski definition) is 4. The highest BCUT2D eigenvalue weighted by molar-refractivity contribution is 7.99. The summed E-state index contributed by atoms with van der Waals surface area (Å²) in [5.74, 6) is 0.717. The third-order valence-electron chi connectivity index (χ3n) is 6.05. The summed E-state index contributed by atoms with van der Waals surface area (Å²) in [6, 6.07) is 13.7. The first-order valence-electron chi connectivity index (χ1n) is 11.5. The molecular weight excluding hydrogens is 439 g/mol. The van der Waals surface area contributed by atoms with Crippen LogP contribution in [0.5, 0.6) is 5.75 Å². The predicted octanol–water partition coefficient (Wildman–Crippen LogP) is 4.93. The normalized spacial score (nSPS) is 15.0. The van der Waals surface area contributed by atoms with Gasteiger partial charge in [0.2, 0.25) is 11.8 Å². The van der Waals surface area contributed by atoms with Gasteiger partial charge >= 0.3 is 0 Å². The third kappa shape index (κ3) is 7.49. The van der Waals surface area contributed by atoms with Crippen molar-refractivity contribution in [1.29, 1.82) is 0 Å². The summed E-state index contributed by atoms with van der Waals surface area (Å²) in [4.78, 5) is 27.9. The molecule has 5 nitrogen and oxygen atoms in total. The highest BCUT2D eigenvalue weighted by Gasteiger charge is 2.28. The number of amides is 2. The first-order valence-corrected chi connectivity index (χ1v) is 12.7. The quantitative estimate of drug-likeness (QED) is 0.533. The van der Waals surface area contributed by atoms with Gasteiger partial charge in [0.05, 0.1) is 12.9 Å². The summed E-state index contributed by atoms with van der Waals surface area (Å²) in [6.07, 6.45) is 5.43. The Bertz CT molecular complexity index is 933. The number of nitrogens with one attached hydrogen (secondary N) is 1. The Kier molecular flexibility index (Phi) is 9.61. The molecule has 0 saturated heterocycles. The Morgan fingerprint density at radius 3 is 2.64 bits per heavy atom. The van der Waals surface area contributed by atoms with E-state index in [-0.39, 0.29) is 29.4 Å². The highest BCUT2D eigenvalue weighted by atomic mass is 32.2. The maximum absolute atomic E-state index is 13.9. The van der Waals surface area contributed by atoms with Gasteiger partial charge in [0, 0.05) is 18.3 Å². The number of carbonyl (C=O) groups excluding carboxylic acids is 2. The molecule has 0 unspecified atom stereocenters. The first-order chi connectivity index (χ1) is 16.0. The molecule has 1 aliphatic rings. The molecule has 33 heavy (non-hydrogen) atoms. The van der Waals surface area contributed by atoms with E-state index in [2.05, 4.69) is 5.32 Å². The van der Waals surface area contributed by atoms with E-state index < -0.39 is 6.04 Å². The van der Waals surface area contributed by atoms with Gasteiger partial charge in [0.1, 0.15) is 17.6 Å². The largest absolute Gasteiger partial charge is 0.497 e. The van der Waals surface area contributed by atoms with Gasteiger partial charge in [0.25, 0.3) is 0 Å². The smallest absolute Gasteiger partial charge is 0.242 e. The van der Waals surface area contributed by atoms with Gasteiger partial charge in [-0.3, -0.25) is 9.59 Å². The van der Waals surface area contributed by atoms with Crippen molar-refractivity contribution in [3.05, 3.63) is 65.5 Å². The number of ether oxygens (including phenoxy) is 1. The number of nitrogens with zero attached hydrogens (tertiary/aromatic N) is 1. The minimum absolute atomic E-state index is 0.128. The zero-order valence-corrected chi connectivity index (χ0v) is 20.2. The Morgan fingerprint density at radius 2 is 1.91 bits per heavy atom. The summed E-state index contributed by atoms with van der Waals surface area (Å²) in [5, 5.41) is 3.14. The van der Waals surface area contributed by atoms with Crippen LogP contribution in [-0.4, -0.2) is 41.7 Å². The van der Waals surface area contributed by atoms with Crippen molar-refractivity contribution in [3.8, 4) is 5.75 Å². The number of rotatable bonds is 10. The predicted molar refractivity (Wildman–Crippen MR) is 131 cm³/mol. The Labute approximate surface area is 200 Å². The van der Waals surface area contributed by atoms with Crippen LogP contribution in [0.3, 0.4) is 0 Å². The lowest BCUT2D eigenvalue weighted by molar-refractivity contribution is -0.139. The fraction of sp³-hybridized carbons (Fsp3) is 0.462. The zero-order valence-electron chi connectivity index (χ0n) is 19.4. The fourth-order valence-corrected chi connectivity index (χ4v) is 4.96. The maximum atomic E-state index is 13.9. The van der Waals surface area contributed by atoms with Crippen molar-refractivity contribution in [2.45, 2.75) is 63.4 Å². The van der Waals surface area contributed by atoms with Gasteiger partial charge in [-0.15, -0.1) is 11.8 Å². The Morgan fingerprint density at radius 1 is 1.15 bits per heavy atom. The molecule has 1 atom stereocenters. The second-order valence-electron chi connectivity index (χ2n) is 8.48. The molecule has 0 aliphatic heterocycles. The van der Waals surface area contributed by atoms with Gasteiger partial charge in [-0.25, -0.2) is 4.39 Å². The molecule has 7 heteroatoms. The van der Waals surface area contributed by atoms with Gasteiger partial charge in [-0.2, -0.15) is 0 Å². The van der Waals surface area contributed by atoms with E-state index in [4.69, 9.17) is 4.74 Å². The molecule has 1 fully saturated rings. The summed E-state index contributed by atoms with van der Waals surface area (Å²) in [7, 11) is 1.60. The van der Waals surface area contributed by atoms with E-state index in [9.17, 15) is 14.0 Å². The first kappa shape index (κ1) is 25.1. The van der Waals surface area contributed by atoms with E-state index in [1.165, 1.54) is 24.2 Å². The minimum Gasteiger partial charge on any atom is -0.497 e. The zero-order chi connectivity index (χ0) is 23.6. The number of halogens is 1. The van der Waals surface area contributed by atoms with E-state index >= 15 is 0 Å². The lowest BCUT2D eigenvalue weighted by Crippen LogP contribution is -2.50. The summed E-state index contributed by atoms with van der Waals surface area (Å²) >= 11 is 1.35. The molecule has 0 spiro atoms. The van der Waals surface area contributed by atoms with E-state index in [0.29, 0.717) is 23.6 Å². The number of thioether (sulfide) groups is 1. The Hall–Kier alpha value is -2.54. The molecule has 1 N–H and O–H groups in total. The summed E-state index contributed by atoms with van der Waals surface area (Å²) in [5.41, 5.74) is 1.46. The SMILES string of the molecule is COc1cccc(CN(C(=O)CSCc2ccccc2F)[C@H](C)C(=O)NC2CCCCC2)c1. The lowest BCUT2D eigenvalue weighted by Gasteiger charge is -2.31. The fourth-order valence-electron chi connectivity index (χ4n) is 4.07. The molecule has 178 valence electrons. The van der Waals surface area contributed by atoms with Crippen LogP contribution in [0.1, 0.15) is 50.2 Å². The molecule has 2 amide bonds. The van der Waals surface area contributed by atoms with Crippen LogP contribution in [0.25, 0.3) is 0 Å². The van der Waals surface area contributed by atoms with Crippen LogP contribution in [0.15, 0.2) is 48.5 Å². The van der Waals surface area contributed by atoms with Crippen LogP contribution in [0.2, 0.25) is 0 Å². The maximum Gasteiger partial charge on any atom is 0.242 e. The van der Waals surface area contributed by atoms with E-state index in [1.807, 2.05) is 24.3 Å². The third-order valence-corrected chi connectivity index (χ3v) is 7.01. The van der Waals surface area contributed by atoms with Gasteiger partial charge in [0.15, 0.2) is 0 Å². The second kappa shape index (κ2) is 12.6. The topological polar surface area (TPSA) is 58.6 Å². The summed E-state index contributed by atoms with van der Waals surface area (Å²) in [6.45, 7) is 2.08. The average Bonchev–Trinajstić information content (AvgIpc) is 2.84. The molecule has 0 heterocycles. The van der Waals surface area contributed by atoms with Gasteiger partial charge < -0.3 is 15.0 Å². The minimum atomic E-state index is -0.611. The van der Waals surface area contributed by atoms with E-state index in [0.717, 1.165) is 31.2 Å². The van der Waals surface area contributed by atoms with Crippen molar-refractivity contribution < 1.29 is 18.7 Å². The van der Waals surface area contributed by atoms with Crippen LogP contribution in [0.4, 0.5) is 4.39 Å². The highest BCUT2D eigenvalue weighted by Crippen LogP contribution is 2.21. The second-order valence-corrected chi connectivity index (χ2v) is 9.46. The number of methoxy groups -OCH3 is 1. The van der Waals surface area contributed by atoms with Crippen molar-refractivity contribution in [3.63, 3.8) is 0 Å². The standard InChI is InChI=1S/C26H33FN2O3S/c1-19(26(31)28-22-11-4-3-5-12-22)29(16-20-9-8-13-23(15-20)32-2)25(30)18-33-17-21-10-6-7-14-24(21)27/h6-10,13-15,19,22H,3-5,11-12,16-18H2,1-2H3,(H,28,31)/t19-/m1/s1. The number of hydrogen-bond donors (Lipinski definition) is 1. The Balaban J connectivity index is 1.68. The molecular formula is C26H33FN2O3S. The van der Waals surface area contributed by atoms with Crippen molar-refractivity contribution in [1.82, 2.24) is 10.2 Å². The number of carbonyl (C=O) groups is 2. The van der Waals surface area contributed by atoms with E-state index in [1.54, 1.807) is 37.1 Å². The van der Waals surface area contributed by atoms with Crippen LogP contribution < -0.4 is 10.1 Å². The van der Waals surface area contributed by atoms with Crippen LogP contribution in [-0.2, 0) is 21.9 Å². The van der Waals surface area contributed by atoms with Crippen molar-refractivity contribution in [2.75, 3.05) is 12.9 Å². The lowest BCUT2D eigenvalue weighted by atomic mass is 9.95. The van der Waals surface area contributed by atoms with Crippen LogP contribution >= 0.6 is 11.8 Å². The van der Waals surface area contributed by atoms with Crippen molar-refractivity contribution >= 4 is 23.6 Å². The van der Waals surface area contributed by atoms with Crippen LogP contribution in [0, 0.1) is 5.82 Å². The monoisotopic (exact) mass is 472 g/mol.